The first-order chi connectivity index (χ1) is 11.4. The summed E-state index contributed by atoms with van der Waals surface area (Å²) in [5.74, 6) is 2.45. The van der Waals surface area contributed by atoms with Crippen LogP contribution in [0.4, 0.5) is 0 Å². The van der Waals surface area contributed by atoms with Gasteiger partial charge < -0.3 is 9.84 Å². The predicted molar refractivity (Wildman–Crippen MR) is 93.2 cm³/mol. The van der Waals surface area contributed by atoms with Gasteiger partial charge in [0, 0.05) is 17.8 Å². The molecule has 0 aromatic heterocycles. The summed E-state index contributed by atoms with van der Waals surface area (Å²) in [7, 11) is 0. The number of hydrogen-bond acceptors (Lipinski definition) is 3. The molecule has 0 radical (unpaired) electrons. The number of allylic oxidation sites excluding steroid dienone is 1. The Morgan fingerprint density at radius 1 is 1.12 bits per heavy atom. The van der Waals surface area contributed by atoms with Gasteiger partial charge in [-0.05, 0) is 68.6 Å². The van der Waals surface area contributed by atoms with Crippen LogP contribution in [0.1, 0.15) is 65.7 Å². The molecule has 0 amide bonds. The molecule has 4 aliphatic carbocycles. The van der Waals surface area contributed by atoms with Crippen molar-refractivity contribution in [1.82, 2.24) is 0 Å². The number of aliphatic hydroxyl groups excluding tert-OH is 1. The molecule has 3 saturated carbocycles. The van der Waals surface area contributed by atoms with Gasteiger partial charge in [-0.25, -0.2) is 0 Å². The average molecular weight is 332 g/mol. The van der Waals surface area contributed by atoms with Gasteiger partial charge in [-0.15, -0.1) is 0 Å². The molecule has 0 aromatic carbocycles. The molecular weight excluding hydrogens is 300 g/mol. The smallest absolute Gasteiger partial charge is 0.302 e. The Labute approximate surface area is 145 Å². The molecule has 4 aliphatic rings. The van der Waals surface area contributed by atoms with Crippen LogP contribution in [0, 0.1) is 34.5 Å². The van der Waals surface area contributed by atoms with Crippen molar-refractivity contribution < 1.29 is 14.6 Å². The van der Waals surface area contributed by atoms with Crippen molar-refractivity contribution in [2.45, 2.75) is 77.9 Å². The van der Waals surface area contributed by atoms with Crippen LogP contribution in [0.5, 0.6) is 0 Å². The van der Waals surface area contributed by atoms with Crippen LogP contribution < -0.4 is 0 Å². The van der Waals surface area contributed by atoms with E-state index >= 15 is 0 Å². The third kappa shape index (κ3) is 2.16. The fraction of sp³-hybridized carbons (Fsp3) is 0.857. The SMILES string of the molecule is CC(=O)OC1CCC2C3CCC4CC=CC(O)C4(C)C3CCC12C. The minimum Gasteiger partial charge on any atom is -0.462 e. The van der Waals surface area contributed by atoms with Gasteiger partial charge in [0.05, 0.1) is 6.10 Å². The maximum absolute atomic E-state index is 11.5. The molecule has 0 bridgehead atoms. The molecule has 4 rings (SSSR count). The van der Waals surface area contributed by atoms with E-state index in [1.165, 1.54) is 25.7 Å². The Hall–Kier alpha value is -0.830. The van der Waals surface area contributed by atoms with Gasteiger partial charge in [0.25, 0.3) is 0 Å². The lowest BCUT2D eigenvalue weighted by molar-refractivity contribution is -0.165. The minimum absolute atomic E-state index is 0.0402. The van der Waals surface area contributed by atoms with Crippen molar-refractivity contribution >= 4 is 5.97 Å². The summed E-state index contributed by atoms with van der Waals surface area (Å²) in [6.07, 6.45) is 12.2. The van der Waals surface area contributed by atoms with Crippen molar-refractivity contribution in [3.05, 3.63) is 12.2 Å². The number of hydrogen-bond donors (Lipinski definition) is 1. The Kier molecular flexibility index (Phi) is 3.87. The second-order valence-electron chi connectivity index (χ2n) is 9.35. The first-order valence-corrected chi connectivity index (χ1v) is 9.89. The highest BCUT2D eigenvalue weighted by atomic mass is 16.5. The molecule has 0 aromatic rings. The van der Waals surface area contributed by atoms with Gasteiger partial charge in [0.2, 0.25) is 0 Å². The van der Waals surface area contributed by atoms with Crippen LogP contribution >= 0.6 is 0 Å². The van der Waals surface area contributed by atoms with Crippen molar-refractivity contribution in [3.8, 4) is 0 Å². The molecule has 8 unspecified atom stereocenters. The molecule has 3 nitrogen and oxygen atoms in total. The maximum atomic E-state index is 11.5. The predicted octanol–water partition coefficient (Wildman–Crippen LogP) is 4.10. The van der Waals surface area contributed by atoms with E-state index < -0.39 is 0 Å². The lowest BCUT2D eigenvalue weighted by Crippen LogP contribution is -2.57. The van der Waals surface area contributed by atoms with Crippen LogP contribution in [-0.2, 0) is 9.53 Å². The lowest BCUT2D eigenvalue weighted by Gasteiger charge is -2.60. The quantitative estimate of drug-likeness (QED) is 0.581. The van der Waals surface area contributed by atoms with E-state index in [2.05, 4.69) is 19.9 Å². The van der Waals surface area contributed by atoms with Crippen LogP contribution in [0.25, 0.3) is 0 Å². The monoisotopic (exact) mass is 332 g/mol. The Balaban J connectivity index is 1.63. The number of esters is 1. The zero-order chi connectivity index (χ0) is 17.1. The first-order valence-electron chi connectivity index (χ1n) is 9.89. The van der Waals surface area contributed by atoms with Crippen molar-refractivity contribution in [1.29, 1.82) is 0 Å². The van der Waals surface area contributed by atoms with Crippen LogP contribution in [0.3, 0.4) is 0 Å². The average Bonchev–Trinajstić information content (AvgIpc) is 2.85. The second-order valence-corrected chi connectivity index (χ2v) is 9.35. The Morgan fingerprint density at radius 2 is 1.92 bits per heavy atom. The molecule has 8 atom stereocenters. The first kappa shape index (κ1) is 16.6. The second kappa shape index (κ2) is 5.59. The molecular formula is C21H32O3. The number of carbonyl (C=O) groups excluding carboxylic acids is 1. The van der Waals surface area contributed by atoms with Crippen LogP contribution in [0.2, 0.25) is 0 Å². The van der Waals surface area contributed by atoms with E-state index in [-0.39, 0.29) is 29.0 Å². The highest BCUT2D eigenvalue weighted by Crippen LogP contribution is 2.66. The fourth-order valence-corrected chi connectivity index (χ4v) is 7.23. The van der Waals surface area contributed by atoms with Gasteiger partial charge in [-0.2, -0.15) is 0 Å². The number of ether oxygens (including phenoxy) is 1. The van der Waals surface area contributed by atoms with Crippen molar-refractivity contribution in [2.24, 2.45) is 34.5 Å². The molecule has 1 N–H and O–H groups in total. The number of carbonyl (C=O) groups is 1. The summed E-state index contributed by atoms with van der Waals surface area (Å²) in [6.45, 7) is 6.25. The van der Waals surface area contributed by atoms with Gasteiger partial charge in [0.1, 0.15) is 6.10 Å². The molecule has 3 heteroatoms. The van der Waals surface area contributed by atoms with Gasteiger partial charge in [-0.3, -0.25) is 4.79 Å². The highest BCUT2D eigenvalue weighted by Gasteiger charge is 2.61. The maximum Gasteiger partial charge on any atom is 0.302 e. The summed E-state index contributed by atoms with van der Waals surface area (Å²) in [5.41, 5.74) is 0.185. The summed E-state index contributed by atoms with van der Waals surface area (Å²) in [6, 6.07) is 0. The molecule has 24 heavy (non-hydrogen) atoms. The summed E-state index contributed by atoms with van der Waals surface area (Å²) in [4.78, 5) is 11.5. The number of rotatable bonds is 1. The van der Waals surface area contributed by atoms with E-state index in [9.17, 15) is 9.90 Å². The van der Waals surface area contributed by atoms with E-state index in [1.54, 1.807) is 6.92 Å². The summed E-state index contributed by atoms with van der Waals surface area (Å²) >= 11 is 0. The van der Waals surface area contributed by atoms with Crippen molar-refractivity contribution in [2.75, 3.05) is 0 Å². The number of aliphatic hydroxyl groups is 1. The third-order valence-electron chi connectivity index (χ3n) is 8.56. The standard InChI is InChI=1S/C21H32O3/c1-13(22)24-19-10-9-16-15-8-7-14-5-4-6-18(23)21(14,3)17(15)11-12-20(16,19)2/h4,6,14-19,23H,5,7-12H2,1-3H3. The van der Waals surface area contributed by atoms with E-state index in [0.29, 0.717) is 23.7 Å². The number of fused-ring (bicyclic) bond motifs is 5. The van der Waals surface area contributed by atoms with E-state index in [0.717, 1.165) is 19.3 Å². The Bertz CT molecular complexity index is 555. The zero-order valence-electron chi connectivity index (χ0n) is 15.3. The van der Waals surface area contributed by atoms with Crippen molar-refractivity contribution in [3.63, 3.8) is 0 Å². The molecule has 134 valence electrons. The summed E-state index contributed by atoms with van der Waals surface area (Å²) < 4.78 is 5.72. The van der Waals surface area contributed by atoms with Gasteiger partial charge >= 0.3 is 5.97 Å². The fourth-order valence-electron chi connectivity index (χ4n) is 7.23. The Morgan fingerprint density at radius 3 is 2.67 bits per heavy atom. The normalized spacial score (nSPS) is 53.0. The lowest BCUT2D eigenvalue weighted by atomic mass is 9.45. The molecule has 0 heterocycles. The molecule has 0 spiro atoms. The highest BCUT2D eigenvalue weighted by molar-refractivity contribution is 5.66. The topological polar surface area (TPSA) is 46.5 Å². The van der Waals surface area contributed by atoms with Crippen LogP contribution in [0.15, 0.2) is 12.2 Å². The summed E-state index contributed by atoms with van der Waals surface area (Å²) in [5, 5.41) is 10.8. The molecule has 3 fully saturated rings. The van der Waals surface area contributed by atoms with E-state index in [4.69, 9.17) is 4.74 Å². The molecule has 0 aliphatic heterocycles. The third-order valence-corrected chi connectivity index (χ3v) is 8.56. The largest absolute Gasteiger partial charge is 0.462 e. The zero-order valence-corrected chi connectivity index (χ0v) is 15.3. The molecule has 0 saturated heterocycles. The van der Waals surface area contributed by atoms with Gasteiger partial charge in [-0.1, -0.05) is 26.0 Å². The van der Waals surface area contributed by atoms with E-state index in [1.807, 2.05) is 6.08 Å². The van der Waals surface area contributed by atoms with Gasteiger partial charge in [0.15, 0.2) is 0 Å². The minimum atomic E-state index is -0.293. The van der Waals surface area contributed by atoms with Crippen LogP contribution in [-0.4, -0.2) is 23.3 Å².